The SMILES string of the molecule is NC(=O)c1csc(CNC2CCSc3ccc(Cl)cc32)c1. The lowest BCUT2D eigenvalue weighted by Gasteiger charge is -2.26. The molecule has 1 atom stereocenters. The van der Waals surface area contributed by atoms with Crippen LogP contribution in [0.25, 0.3) is 0 Å². The third-order valence-corrected chi connectivity index (χ3v) is 5.77. The van der Waals surface area contributed by atoms with E-state index in [1.807, 2.05) is 30.0 Å². The zero-order chi connectivity index (χ0) is 14.8. The summed E-state index contributed by atoms with van der Waals surface area (Å²) in [4.78, 5) is 13.5. The van der Waals surface area contributed by atoms with Crippen molar-refractivity contribution in [1.82, 2.24) is 5.32 Å². The smallest absolute Gasteiger partial charge is 0.249 e. The number of amides is 1. The zero-order valence-corrected chi connectivity index (χ0v) is 13.7. The summed E-state index contributed by atoms with van der Waals surface area (Å²) in [5.74, 6) is 0.729. The second kappa shape index (κ2) is 6.40. The van der Waals surface area contributed by atoms with Crippen molar-refractivity contribution in [2.75, 3.05) is 5.75 Å². The van der Waals surface area contributed by atoms with Crippen molar-refractivity contribution in [3.63, 3.8) is 0 Å². The molecule has 0 radical (unpaired) electrons. The number of benzene rings is 1. The van der Waals surface area contributed by atoms with Crippen LogP contribution in [0.5, 0.6) is 0 Å². The second-order valence-corrected chi connectivity index (χ2v) is 7.49. The van der Waals surface area contributed by atoms with Gasteiger partial charge in [0.05, 0.1) is 5.56 Å². The van der Waals surface area contributed by atoms with Gasteiger partial charge in [0, 0.05) is 32.8 Å². The van der Waals surface area contributed by atoms with Crippen molar-refractivity contribution in [2.45, 2.75) is 23.9 Å². The van der Waals surface area contributed by atoms with Gasteiger partial charge in [-0.1, -0.05) is 11.6 Å². The Labute approximate surface area is 136 Å². The Morgan fingerprint density at radius 3 is 3.05 bits per heavy atom. The molecule has 0 saturated carbocycles. The number of carbonyl (C=O) groups excluding carboxylic acids is 1. The quantitative estimate of drug-likeness (QED) is 0.890. The standard InChI is InChI=1S/C15H15ClN2OS2/c16-10-1-2-14-12(6-10)13(3-4-20-14)18-7-11-5-9(8-21-11)15(17)19/h1-2,5-6,8,13,18H,3-4,7H2,(H2,17,19). The maximum atomic E-state index is 11.1. The van der Waals surface area contributed by atoms with Gasteiger partial charge >= 0.3 is 0 Å². The predicted molar refractivity (Wildman–Crippen MR) is 89.2 cm³/mol. The fourth-order valence-electron chi connectivity index (χ4n) is 2.40. The van der Waals surface area contributed by atoms with E-state index >= 15 is 0 Å². The van der Waals surface area contributed by atoms with Crippen LogP contribution in [-0.4, -0.2) is 11.7 Å². The van der Waals surface area contributed by atoms with Gasteiger partial charge in [-0.05, 0) is 42.0 Å². The number of carbonyl (C=O) groups is 1. The first-order chi connectivity index (χ1) is 10.1. The van der Waals surface area contributed by atoms with Crippen LogP contribution in [-0.2, 0) is 6.54 Å². The highest BCUT2D eigenvalue weighted by molar-refractivity contribution is 7.99. The summed E-state index contributed by atoms with van der Waals surface area (Å²) in [5, 5.41) is 6.14. The fraction of sp³-hybridized carbons (Fsp3) is 0.267. The van der Waals surface area contributed by atoms with Crippen LogP contribution in [0.15, 0.2) is 34.5 Å². The maximum Gasteiger partial charge on any atom is 0.249 e. The molecule has 3 rings (SSSR count). The van der Waals surface area contributed by atoms with Crippen molar-refractivity contribution in [1.29, 1.82) is 0 Å². The minimum Gasteiger partial charge on any atom is -0.366 e. The summed E-state index contributed by atoms with van der Waals surface area (Å²) in [6.07, 6.45) is 1.08. The monoisotopic (exact) mass is 338 g/mol. The van der Waals surface area contributed by atoms with Crippen molar-refractivity contribution >= 4 is 40.6 Å². The molecule has 1 amide bonds. The summed E-state index contributed by atoms with van der Waals surface area (Å²) < 4.78 is 0. The van der Waals surface area contributed by atoms with E-state index in [-0.39, 0.29) is 5.91 Å². The van der Waals surface area contributed by atoms with Crippen molar-refractivity contribution in [3.8, 4) is 0 Å². The van der Waals surface area contributed by atoms with Gasteiger partial charge in [0.2, 0.25) is 5.91 Å². The molecule has 1 aliphatic heterocycles. The van der Waals surface area contributed by atoms with E-state index in [1.54, 1.807) is 16.7 Å². The molecule has 110 valence electrons. The fourth-order valence-corrected chi connectivity index (χ4v) is 4.51. The van der Waals surface area contributed by atoms with Crippen LogP contribution < -0.4 is 11.1 Å². The molecule has 0 fully saturated rings. The van der Waals surface area contributed by atoms with Crippen molar-refractivity contribution in [3.05, 3.63) is 50.7 Å². The van der Waals surface area contributed by atoms with E-state index in [0.717, 1.165) is 28.6 Å². The van der Waals surface area contributed by atoms with Crippen LogP contribution in [0.2, 0.25) is 5.02 Å². The van der Waals surface area contributed by atoms with Crippen LogP contribution in [0.3, 0.4) is 0 Å². The molecule has 21 heavy (non-hydrogen) atoms. The molecular formula is C15H15ClN2OS2. The molecule has 3 nitrogen and oxygen atoms in total. The first-order valence-electron chi connectivity index (χ1n) is 6.66. The number of nitrogens with one attached hydrogen (secondary N) is 1. The number of hydrogen-bond donors (Lipinski definition) is 2. The summed E-state index contributed by atoms with van der Waals surface area (Å²) in [6.45, 7) is 0.735. The lowest BCUT2D eigenvalue weighted by Crippen LogP contribution is -2.23. The third kappa shape index (κ3) is 3.43. The molecule has 2 aromatic rings. The van der Waals surface area contributed by atoms with Crippen molar-refractivity contribution in [2.24, 2.45) is 5.73 Å². The van der Waals surface area contributed by atoms with Gasteiger partial charge in [0.1, 0.15) is 0 Å². The van der Waals surface area contributed by atoms with Gasteiger partial charge in [-0.25, -0.2) is 0 Å². The highest BCUT2D eigenvalue weighted by atomic mass is 35.5. The molecule has 1 aliphatic rings. The lowest BCUT2D eigenvalue weighted by atomic mass is 10.0. The van der Waals surface area contributed by atoms with Crippen molar-refractivity contribution < 1.29 is 4.79 Å². The normalized spacial score (nSPS) is 17.5. The zero-order valence-electron chi connectivity index (χ0n) is 11.3. The Kier molecular flexibility index (Phi) is 4.54. The van der Waals surface area contributed by atoms with Crippen LogP contribution in [0, 0.1) is 0 Å². The van der Waals surface area contributed by atoms with Crippen LogP contribution >= 0.6 is 34.7 Å². The van der Waals surface area contributed by atoms with E-state index < -0.39 is 0 Å². The van der Waals surface area contributed by atoms with Crippen LogP contribution in [0.1, 0.15) is 33.3 Å². The second-order valence-electron chi connectivity index (χ2n) is 4.92. The molecule has 6 heteroatoms. The molecule has 0 spiro atoms. The number of rotatable bonds is 4. The number of hydrogen-bond acceptors (Lipinski definition) is 4. The first-order valence-corrected chi connectivity index (χ1v) is 8.90. The van der Waals surface area contributed by atoms with Gasteiger partial charge in [0.25, 0.3) is 0 Å². The van der Waals surface area contributed by atoms with Gasteiger partial charge in [-0.3, -0.25) is 4.79 Å². The number of primary amides is 1. The molecule has 0 aliphatic carbocycles. The Morgan fingerprint density at radius 1 is 1.43 bits per heavy atom. The Morgan fingerprint density at radius 2 is 2.29 bits per heavy atom. The lowest BCUT2D eigenvalue weighted by molar-refractivity contribution is 0.100. The highest BCUT2D eigenvalue weighted by Gasteiger charge is 2.20. The minimum atomic E-state index is -0.372. The van der Waals surface area contributed by atoms with Crippen LogP contribution in [0.4, 0.5) is 0 Å². The van der Waals surface area contributed by atoms with Gasteiger partial charge in [0.15, 0.2) is 0 Å². The van der Waals surface area contributed by atoms with E-state index in [9.17, 15) is 4.79 Å². The van der Waals surface area contributed by atoms with E-state index in [0.29, 0.717) is 11.6 Å². The average Bonchev–Trinajstić information content (AvgIpc) is 2.94. The summed E-state index contributed by atoms with van der Waals surface area (Å²) in [7, 11) is 0. The van der Waals surface area contributed by atoms with Gasteiger partial charge in [-0.2, -0.15) is 0 Å². The van der Waals surface area contributed by atoms with E-state index in [4.69, 9.17) is 17.3 Å². The highest BCUT2D eigenvalue weighted by Crippen LogP contribution is 2.37. The summed E-state index contributed by atoms with van der Waals surface area (Å²) in [6, 6.07) is 8.24. The largest absolute Gasteiger partial charge is 0.366 e. The number of thiophene rings is 1. The minimum absolute atomic E-state index is 0.305. The van der Waals surface area contributed by atoms with Gasteiger partial charge < -0.3 is 11.1 Å². The molecule has 1 unspecified atom stereocenters. The first kappa shape index (κ1) is 14.9. The summed E-state index contributed by atoms with van der Waals surface area (Å²) in [5.41, 5.74) is 7.13. The number of thioether (sulfide) groups is 1. The molecule has 3 N–H and O–H groups in total. The number of nitrogens with two attached hydrogens (primary N) is 1. The average molecular weight is 339 g/mol. The molecule has 0 bridgehead atoms. The maximum absolute atomic E-state index is 11.1. The van der Waals surface area contributed by atoms with E-state index in [1.165, 1.54) is 10.5 Å². The number of fused-ring (bicyclic) bond motifs is 1. The Balaban J connectivity index is 1.71. The van der Waals surface area contributed by atoms with E-state index in [2.05, 4.69) is 11.4 Å². The van der Waals surface area contributed by atoms with Gasteiger partial charge in [-0.15, -0.1) is 23.1 Å². The number of halogens is 1. The Bertz CT molecular complexity index is 671. The molecule has 0 saturated heterocycles. The molecular weight excluding hydrogens is 324 g/mol. The Hall–Kier alpha value is -1.01. The summed E-state index contributed by atoms with van der Waals surface area (Å²) >= 11 is 9.54. The molecule has 2 heterocycles. The molecule has 1 aromatic heterocycles. The third-order valence-electron chi connectivity index (χ3n) is 3.47. The molecule has 1 aromatic carbocycles. The topological polar surface area (TPSA) is 55.1 Å². The predicted octanol–water partition coefficient (Wildman–Crippen LogP) is 3.83.